The van der Waals surface area contributed by atoms with Crippen LogP contribution in [0.2, 0.25) is 0 Å². The summed E-state index contributed by atoms with van der Waals surface area (Å²) in [5.41, 5.74) is 3.18. The third kappa shape index (κ3) is 1.52. The van der Waals surface area contributed by atoms with Crippen LogP contribution in [0, 0.1) is 0 Å². The Hall–Kier alpha value is -2.43. The highest BCUT2D eigenvalue weighted by molar-refractivity contribution is 5.75. The van der Waals surface area contributed by atoms with Gasteiger partial charge in [-0.25, -0.2) is 4.98 Å². The number of imidazole rings is 1. The summed E-state index contributed by atoms with van der Waals surface area (Å²) in [7, 11) is 1.88. The Balaban J connectivity index is 2.17. The molecule has 5 heteroatoms. The van der Waals surface area contributed by atoms with Crippen LogP contribution in [0.25, 0.3) is 16.9 Å². The van der Waals surface area contributed by atoms with E-state index in [1.54, 1.807) is 15.3 Å². The molecule has 0 spiro atoms. The van der Waals surface area contributed by atoms with Crippen molar-refractivity contribution in [3.05, 3.63) is 42.5 Å². The number of hydrogen-bond acceptors (Lipinski definition) is 3. The molecule has 0 aliphatic heterocycles. The van der Waals surface area contributed by atoms with Crippen LogP contribution in [0.4, 0.5) is 0 Å². The number of carbonyl (C=O) groups excluding carboxylic acids is 1. The summed E-state index contributed by atoms with van der Waals surface area (Å²) in [5.74, 6) is 0. The lowest BCUT2D eigenvalue weighted by molar-refractivity contribution is 0.111. The van der Waals surface area contributed by atoms with E-state index in [1.165, 1.54) is 0 Å². The second kappa shape index (κ2) is 3.55. The molecule has 3 aromatic rings. The molecule has 0 atom stereocenters. The Morgan fingerprint density at radius 2 is 2.18 bits per heavy atom. The fourth-order valence-corrected chi connectivity index (χ4v) is 1.82. The zero-order valence-corrected chi connectivity index (χ0v) is 9.24. The lowest BCUT2D eigenvalue weighted by Gasteiger charge is -1.99. The predicted molar refractivity (Wildman–Crippen MR) is 62.8 cm³/mol. The van der Waals surface area contributed by atoms with Gasteiger partial charge in [0.2, 0.25) is 0 Å². The lowest BCUT2D eigenvalue weighted by atomic mass is 10.2. The van der Waals surface area contributed by atoms with E-state index >= 15 is 0 Å². The average molecular weight is 226 g/mol. The first-order valence-corrected chi connectivity index (χ1v) is 5.20. The smallest absolute Gasteiger partial charge is 0.168 e. The zero-order valence-electron chi connectivity index (χ0n) is 9.24. The second-order valence-electron chi connectivity index (χ2n) is 3.82. The van der Waals surface area contributed by atoms with Crippen LogP contribution >= 0.6 is 0 Å². The average Bonchev–Trinajstić information content (AvgIpc) is 2.94. The van der Waals surface area contributed by atoms with Gasteiger partial charge in [0.1, 0.15) is 11.3 Å². The molecule has 0 fully saturated rings. The lowest BCUT2D eigenvalue weighted by Crippen LogP contribution is -1.92. The van der Waals surface area contributed by atoms with E-state index in [9.17, 15) is 4.79 Å². The van der Waals surface area contributed by atoms with Crippen LogP contribution < -0.4 is 0 Å². The first-order valence-electron chi connectivity index (χ1n) is 5.20. The van der Waals surface area contributed by atoms with Crippen molar-refractivity contribution < 1.29 is 4.79 Å². The number of nitrogens with zero attached hydrogens (tertiary/aromatic N) is 4. The van der Waals surface area contributed by atoms with Crippen molar-refractivity contribution >= 4 is 11.9 Å². The minimum Gasteiger partial charge on any atom is -0.297 e. The van der Waals surface area contributed by atoms with Crippen LogP contribution in [-0.4, -0.2) is 25.5 Å². The molecule has 0 unspecified atom stereocenters. The SMILES string of the molecule is Cn1ccc(-c2ccn3c(C=O)cnc3c2)n1. The van der Waals surface area contributed by atoms with Gasteiger partial charge in [0.05, 0.1) is 11.9 Å². The molecule has 0 aromatic carbocycles. The van der Waals surface area contributed by atoms with Gasteiger partial charge in [0.15, 0.2) is 6.29 Å². The third-order valence-corrected chi connectivity index (χ3v) is 2.67. The molecule has 5 nitrogen and oxygen atoms in total. The molecule has 0 bridgehead atoms. The molecule has 17 heavy (non-hydrogen) atoms. The largest absolute Gasteiger partial charge is 0.297 e. The van der Waals surface area contributed by atoms with Crippen LogP contribution in [-0.2, 0) is 7.05 Å². The van der Waals surface area contributed by atoms with Crippen LogP contribution in [0.1, 0.15) is 10.5 Å². The second-order valence-corrected chi connectivity index (χ2v) is 3.82. The number of aromatic nitrogens is 4. The van der Waals surface area contributed by atoms with Crippen molar-refractivity contribution in [2.45, 2.75) is 0 Å². The Labute approximate surface area is 97.3 Å². The van der Waals surface area contributed by atoms with Crippen molar-refractivity contribution in [2.75, 3.05) is 0 Å². The van der Waals surface area contributed by atoms with E-state index in [4.69, 9.17) is 0 Å². The standard InChI is InChI=1S/C12H10N4O/c1-15-4-3-11(14-15)9-2-5-16-10(8-17)7-13-12(16)6-9/h2-8H,1H3. The normalized spacial score (nSPS) is 10.9. The Morgan fingerprint density at radius 3 is 2.88 bits per heavy atom. The zero-order chi connectivity index (χ0) is 11.8. The topological polar surface area (TPSA) is 52.2 Å². The summed E-state index contributed by atoms with van der Waals surface area (Å²) in [4.78, 5) is 14.9. The van der Waals surface area contributed by atoms with Gasteiger partial charge in [-0.05, 0) is 18.2 Å². The summed E-state index contributed by atoms with van der Waals surface area (Å²) >= 11 is 0. The first kappa shape index (κ1) is 9.77. The van der Waals surface area contributed by atoms with E-state index in [2.05, 4.69) is 10.1 Å². The highest BCUT2D eigenvalue weighted by atomic mass is 16.1. The number of fused-ring (bicyclic) bond motifs is 1. The highest BCUT2D eigenvalue weighted by Crippen LogP contribution is 2.18. The van der Waals surface area contributed by atoms with Crippen molar-refractivity contribution in [3.63, 3.8) is 0 Å². The Bertz CT molecular complexity index is 695. The number of aryl methyl sites for hydroxylation is 1. The van der Waals surface area contributed by atoms with Gasteiger partial charge in [0, 0.05) is 25.0 Å². The molecule has 3 heterocycles. The highest BCUT2D eigenvalue weighted by Gasteiger charge is 2.05. The minimum atomic E-state index is 0.549. The van der Waals surface area contributed by atoms with Crippen molar-refractivity contribution in [1.29, 1.82) is 0 Å². The van der Waals surface area contributed by atoms with Gasteiger partial charge in [-0.3, -0.25) is 13.9 Å². The molecule has 0 amide bonds. The molecule has 0 aliphatic carbocycles. The molecule has 3 rings (SSSR count). The quantitative estimate of drug-likeness (QED) is 0.623. The fourth-order valence-electron chi connectivity index (χ4n) is 1.82. The molecule has 0 N–H and O–H groups in total. The van der Waals surface area contributed by atoms with Crippen LogP contribution in [0.3, 0.4) is 0 Å². The molecule has 84 valence electrons. The van der Waals surface area contributed by atoms with Gasteiger partial charge in [0.25, 0.3) is 0 Å². The molecular formula is C12H10N4O. The van der Waals surface area contributed by atoms with Gasteiger partial charge in [-0.1, -0.05) is 0 Å². The summed E-state index contributed by atoms with van der Waals surface area (Å²) in [6.45, 7) is 0. The van der Waals surface area contributed by atoms with Gasteiger partial charge < -0.3 is 0 Å². The molecule has 0 saturated carbocycles. The van der Waals surface area contributed by atoms with E-state index in [0.717, 1.165) is 23.2 Å². The number of hydrogen-bond donors (Lipinski definition) is 0. The predicted octanol–water partition coefficient (Wildman–Crippen LogP) is 1.55. The summed E-state index contributed by atoms with van der Waals surface area (Å²) < 4.78 is 3.50. The van der Waals surface area contributed by atoms with Gasteiger partial charge >= 0.3 is 0 Å². The van der Waals surface area contributed by atoms with Crippen LogP contribution in [0.5, 0.6) is 0 Å². The number of carbonyl (C=O) groups is 1. The van der Waals surface area contributed by atoms with Crippen molar-refractivity contribution in [1.82, 2.24) is 19.2 Å². The van der Waals surface area contributed by atoms with Gasteiger partial charge in [-0.15, -0.1) is 0 Å². The number of pyridine rings is 1. The Kier molecular flexibility index (Phi) is 2.04. The molecule has 0 saturated heterocycles. The van der Waals surface area contributed by atoms with Gasteiger partial charge in [-0.2, -0.15) is 5.10 Å². The molecule has 0 aliphatic rings. The number of rotatable bonds is 2. The minimum absolute atomic E-state index is 0.549. The summed E-state index contributed by atoms with van der Waals surface area (Å²) in [6, 6.07) is 5.77. The molecule has 3 aromatic heterocycles. The third-order valence-electron chi connectivity index (χ3n) is 2.67. The van der Waals surface area contributed by atoms with E-state index in [-0.39, 0.29) is 0 Å². The summed E-state index contributed by atoms with van der Waals surface area (Å²) in [5, 5.41) is 4.32. The molecular weight excluding hydrogens is 216 g/mol. The molecule has 0 radical (unpaired) electrons. The maximum Gasteiger partial charge on any atom is 0.168 e. The van der Waals surface area contributed by atoms with Crippen molar-refractivity contribution in [3.8, 4) is 11.3 Å². The monoisotopic (exact) mass is 226 g/mol. The maximum absolute atomic E-state index is 10.8. The fraction of sp³-hybridized carbons (Fsp3) is 0.0833. The number of aldehydes is 1. The van der Waals surface area contributed by atoms with E-state index < -0.39 is 0 Å². The van der Waals surface area contributed by atoms with Crippen LogP contribution in [0.15, 0.2) is 36.8 Å². The van der Waals surface area contributed by atoms with Crippen molar-refractivity contribution in [2.24, 2.45) is 7.05 Å². The van der Waals surface area contributed by atoms with E-state index in [1.807, 2.05) is 37.6 Å². The first-order chi connectivity index (χ1) is 8.28. The Morgan fingerprint density at radius 1 is 1.29 bits per heavy atom. The van der Waals surface area contributed by atoms with E-state index in [0.29, 0.717) is 5.69 Å². The maximum atomic E-state index is 10.8. The summed E-state index contributed by atoms with van der Waals surface area (Å²) in [6.07, 6.45) is 6.07.